The molecule has 0 amide bonds. The minimum atomic E-state index is -1.29. The van der Waals surface area contributed by atoms with Gasteiger partial charge in [-0.2, -0.15) is 0 Å². The average molecular weight is 245 g/mol. The third-order valence-corrected chi connectivity index (χ3v) is 2.76. The van der Waals surface area contributed by atoms with E-state index < -0.39 is 37.5 Å². The van der Waals surface area contributed by atoms with Gasteiger partial charge in [-0.1, -0.05) is 0 Å². The zero-order valence-electron chi connectivity index (χ0n) is 8.92. The van der Waals surface area contributed by atoms with Crippen LogP contribution in [0.3, 0.4) is 0 Å². The van der Waals surface area contributed by atoms with Crippen LogP contribution in [0.15, 0.2) is 17.3 Å². The summed E-state index contributed by atoms with van der Waals surface area (Å²) in [6.07, 6.45) is -2.78. The minimum Gasteiger partial charge on any atom is -0.394 e. The third kappa shape index (κ3) is 2.13. The predicted molar refractivity (Wildman–Crippen MR) is 56.4 cm³/mol. The van der Waals surface area contributed by atoms with E-state index in [1.165, 1.54) is 17.2 Å². The van der Waals surface area contributed by atoms with Crippen molar-refractivity contribution in [3.05, 3.63) is 12.3 Å². The van der Waals surface area contributed by atoms with Crippen LogP contribution in [0.4, 0.5) is 0 Å². The highest BCUT2D eigenvalue weighted by molar-refractivity contribution is 5.91. The molecule has 2 rings (SSSR count). The highest BCUT2D eigenvalue weighted by atomic mass is 16.6. The van der Waals surface area contributed by atoms with Gasteiger partial charge in [-0.05, 0) is 6.08 Å². The molecule has 0 bridgehead atoms. The van der Waals surface area contributed by atoms with Gasteiger partial charge >= 0.3 is 0 Å². The molecule has 5 unspecified atom stereocenters. The van der Waals surface area contributed by atoms with Gasteiger partial charge in [-0.25, -0.2) is 4.99 Å². The molecular formula is C9H15N3O5. The van der Waals surface area contributed by atoms with Crippen molar-refractivity contribution in [3.8, 4) is 0 Å². The Bertz CT molecular complexity index is 348. The van der Waals surface area contributed by atoms with Gasteiger partial charge in [0.1, 0.15) is 24.1 Å². The molecule has 0 radical (unpaired) electrons. The van der Waals surface area contributed by atoms with Crippen molar-refractivity contribution < 1.29 is 25.2 Å². The lowest BCUT2D eigenvalue weighted by atomic mass is 10.1. The fraction of sp³-hybridized carbons (Fsp3) is 0.667. The largest absolute Gasteiger partial charge is 0.394 e. The fourth-order valence-corrected chi connectivity index (χ4v) is 1.83. The van der Waals surface area contributed by atoms with E-state index in [1.54, 1.807) is 0 Å². The van der Waals surface area contributed by atoms with Crippen molar-refractivity contribution in [1.82, 2.24) is 4.90 Å². The summed E-state index contributed by atoms with van der Waals surface area (Å²) in [5.41, 5.74) is 5.39. The van der Waals surface area contributed by atoms with Gasteiger partial charge in [-0.15, -0.1) is 0 Å². The second-order valence-electron chi connectivity index (χ2n) is 3.89. The molecule has 96 valence electrons. The van der Waals surface area contributed by atoms with E-state index in [2.05, 4.69) is 4.99 Å². The summed E-state index contributed by atoms with van der Waals surface area (Å²) in [6.45, 7) is -0.423. The van der Waals surface area contributed by atoms with Crippen molar-refractivity contribution in [2.75, 3.05) is 6.61 Å². The van der Waals surface area contributed by atoms with Gasteiger partial charge < -0.3 is 35.8 Å². The number of nitrogens with two attached hydrogens (primary N) is 1. The molecule has 1 saturated heterocycles. The van der Waals surface area contributed by atoms with Gasteiger partial charge in [-0.3, -0.25) is 0 Å². The van der Waals surface area contributed by atoms with Gasteiger partial charge in [0, 0.05) is 6.20 Å². The maximum atomic E-state index is 9.74. The van der Waals surface area contributed by atoms with Crippen LogP contribution in [0.5, 0.6) is 0 Å². The zero-order valence-corrected chi connectivity index (χ0v) is 8.92. The van der Waals surface area contributed by atoms with Crippen LogP contribution in [0.2, 0.25) is 0 Å². The highest BCUT2D eigenvalue weighted by Gasteiger charge is 2.46. The molecule has 2 heterocycles. The topological polar surface area (TPSA) is 132 Å². The number of nitrogens with zero attached hydrogens (tertiary/aromatic N) is 2. The highest BCUT2D eigenvalue weighted by Crippen LogP contribution is 2.26. The molecule has 8 nitrogen and oxygen atoms in total. The molecule has 1 fully saturated rings. The number of aliphatic imine (C=N–C) groups is 1. The molecule has 5 atom stereocenters. The summed E-state index contributed by atoms with van der Waals surface area (Å²) in [4.78, 5) is 4.88. The Morgan fingerprint density at radius 3 is 2.59 bits per heavy atom. The lowest BCUT2D eigenvalue weighted by molar-refractivity contribution is -0.129. The second kappa shape index (κ2) is 4.59. The zero-order chi connectivity index (χ0) is 12.6. The first-order chi connectivity index (χ1) is 8.04. The van der Waals surface area contributed by atoms with E-state index in [9.17, 15) is 15.3 Å². The smallest absolute Gasteiger partial charge is 0.229 e. The summed E-state index contributed by atoms with van der Waals surface area (Å²) >= 11 is 0. The number of hydrogen-bond donors (Lipinski definition) is 5. The Morgan fingerprint density at radius 2 is 2.06 bits per heavy atom. The lowest BCUT2D eigenvalue weighted by Gasteiger charge is -2.32. The summed E-state index contributed by atoms with van der Waals surface area (Å²) < 4.78 is 5.23. The Balaban J connectivity index is 2.12. The minimum absolute atomic E-state index is 0.153. The molecule has 0 spiro atoms. The normalized spacial score (nSPS) is 41.8. The molecule has 0 aromatic rings. The molecule has 2 aliphatic heterocycles. The Hall–Kier alpha value is -1.19. The molecule has 6 N–H and O–H groups in total. The molecule has 0 aromatic heterocycles. The van der Waals surface area contributed by atoms with Gasteiger partial charge in [0.25, 0.3) is 0 Å². The van der Waals surface area contributed by atoms with Crippen molar-refractivity contribution >= 4 is 5.84 Å². The van der Waals surface area contributed by atoms with E-state index in [4.69, 9.17) is 15.6 Å². The number of aliphatic hydroxyl groups is 4. The van der Waals surface area contributed by atoms with Crippen LogP contribution in [-0.4, -0.2) is 68.7 Å². The molecule has 0 aliphatic carbocycles. The summed E-state index contributed by atoms with van der Waals surface area (Å²) in [5, 5.41) is 37.9. The first-order valence-electron chi connectivity index (χ1n) is 5.14. The van der Waals surface area contributed by atoms with Crippen molar-refractivity contribution in [2.45, 2.75) is 30.9 Å². The summed E-state index contributed by atoms with van der Waals surface area (Å²) in [5.74, 6) is 0.153. The van der Waals surface area contributed by atoms with Gasteiger partial charge in [0.05, 0.1) is 6.61 Å². The van der Waals surface area contributed by atoms with Crippen LogP contribution >= 0.6 is 0 Å². The molecule has 17 heavy (non-hydrogen) atoms. The predicted octanol–water partition coefficient (Wildman–Crippen LogP) is -3.11. The molecule has 0 aromatic carbocycles. The Morgan fingerprint density at radius 1 is 1.35 bits per heavy atom. The van der Waals surface area contributed by atoms with Crippen LogP contribution < -0.4 is 5.73 Å². The Labute approximate surface area is 97.2 Å². The van der Waals surface area contributed by atoms with E-state index >= 15 is 0 Å². The number of rotatable bonds is 2. The molecular weight excluding hydrogens is 230 g/mol. The number of hydrogen-bond acceptors (Lipinski definition) is 8. The Kier molecular flexibility index (Phi) is 3.31. The monoisotopic (exact) mass is 245 g/mol. The maximum Gasteiger partial charge on any atom is 0.229 e. The fourth-order valence-electron chi connectivity index (χ4n) is 1.83. The summed E-state index contributed by atoms with van der Waals surface area (Å²) in [7, 11) is 0. The second-order valence-corrected chi connectivity index (χ2v) is 3.89. The van der Waals surface area contributed by atoms with Crippen LogP contribution in [0.1, 0.15) is 0 Å². The van der Waals surface area contributed by atoms with E-state index in [-0.39, 0.29) is 5.84 Å². The maximum absolute atomic E-state index is 9.74. The van der Waals surface area contributed by atoms with Gasteiger partial charge in [0.15, 0.2) is 6.23 Å². The first-order valence-corrected chi connectivity index (χ1v) is 5.14. The standard InChI is InChI=1S/C9H15N3O5/c10-5-1-2-12(9(16)11-5)8-7(15)6(14)4(3-13)17-8/h1-2,4,6-9,13-16H,3H2,(H2,10,11). The van der Waals surface area contributed by atoms with E-state index in [0.29, 0.717) is 0 Å². The van der Waals surface area contributed by atoms with Crippen LogP contribution in [0.25, 0.3) is 0 Å². The average Bonchev–Trinajstić information content (AvgIpc) is 2.57. The van der Waals surface area contributed by atoms with E-state index in [1.807, 2.05) is 0 Å². The van der Waals surface area contributed by atoms with Crippen molar-refractivity contribution in [3.63, 3.8) is 0 Å². The SMILES string of the molecule is NC1=NC(O)N(C2OC(CO)C(O)C2O)C=C1. The number of ether oxygens (including phenoxy) is 1. The van der Waals surface area contributed by atoms with E-state index in [0.717, 1.165) is 0 Å². The number of amidine groups is 1. The van der Waals surface area contributed by atoms with Crippen LogP contribution in [-0.2, 0) is 4.74 Å². The third-order valence-electron chi connectivity index (χ3n) is 2.76. The summed E-state index contributed by atoms with van der Waals surface area (Å²) in [6, 6.07) is 0. The molecule has 2 aliphatic rings. The van der Waals surface area contributed by atoms with Gasteiger partial charge in [0.2, 0.25) is 6.35 Å². The molecule has 8 heteroatoms. The lowest BCUT2D eigenvalue weighted by Crippen LogP contribution is -2.47. The number of aliphatic hydroxyl groups excluding tert-OH is 4. The quantitative estimate of drug-likeness (QED) is 0.348. The van der Waals surface area contributed by atoms with Crippen LogP contribution in [0, 0.1) is 0 Å². The first kappa shape index (κ1) is 12.3. The van der Waals surface area contributed by atoms with Crippen molar-refractivity contribution in [2.24, 2.45) is 10.7 Å². The van der Waals surface area contributed by atoms with Crippen molar-refractivity contribution in [1.29, 1.82) is 0 Å². The molecule has 0 saturated carbocycles.